The van der Waals surface area contributed by atoms with E-state index in [4.69, 9.17) is 11.6 Å². The molecule has 0 bridgehead atoms. The quantitative estimate of drug-likeness (QED) is 0.871. The van der Waals surface area contributed by atoms with Crippen LogP contribution in [0.1, 0.15) is 35.8 Å². The molecule has 1 N–H and O–H groups in total. The molecule has 0 saturated heterocycles. The fraction of sp³-hybridized carbons (Fsp3) is 0.286. The Hall–Kier alpha value is -1.81. The largest absolute Gasteiger partial charge is 0.340 e. The molecule has 5 heteroatoms. The van der Waals surface area contributed by atoms with Crippen LogP contribution < -0.4 is 5.32 Å². The second kappa shape index (κ2) is 5.05. The lowest BCUT2D eigenvalue weighted by atomic mass is 9.93. The summed E-state index contributed by atoms with van der Waals surface area (Å²) in [7, 11) is 0. The van der Waals surface area contributed by atoms with Crippen LogP contribution in [0.5, 0.6) is 0 Å². The lowest BCUT2D eigenvalue weighted by molar-refractivity contribution is 0.101. The van der Waals surface area contributed by atoms with Crippen LogP contribution in [0.15, 0.2) is 36.7 Å². The standard InChI is InChI=1S/C14H14ClN3O/c15-13-7-6-10(9-16-13)17-14(19)12-5-2-8-18(12)11-3-1-4-11/h2,5-9,11H,1,3-4H2,(H,17,19). The van der Waals surface area contributed by atoms with Gasteiger partial charge in [0.1, 0.15) is 10.8 Å². The smallest absolute Gasteiger partial charge is 0.272 e. The third-order valence-electron chi connectivity index (χ3n) is 3.46. The molecule has 2 heterocycles. The Morgan fingerprint density at radius 3 is 2.84 bits per heavy atom. The van der Waals surface area contributed by atoms with E-state index in [0.29, 0.717) is 22.6 Å². The third kappa shape index (κ3) is 2.49. The van der Waals surface area contributed by atoms with Gasteiger partial charge in [0.15, 0.2) is 0 Å². The molecule has 1 fully saturated rings. The molecule has 3 rings (SSSR count). The number of nitrogens with zero attached hydrogens (tertiary/aromatic N) is 2. The number of pyridine rings is 1. The average Bonchev–Trinajstić information content (AvgIpc) is 2.79. The molecule has 1 aliphatic carbocycles. The van der Waals surface area contributed by atoms with Gasteiger partial charge >= 0.3 is 0 Å². The molecule has 2 aromatic rings. The van der Waals surface area contributed by atoms with Crippen LogP contribution in [0.3, 0.4) is 0 Å². The number of hydrogen-bond donors (Lipinski definition) is 1. The third-order valence-corrected chi connectivity index (χ3v) is 3.69. The molecule has 1 amide bonds. The summed E-state index contributed by atoms with van der Waals surface area (Å²) in [6.07, 6.45) is 7.07. The summed E-state index contributed by atoms with van der Waals surface area (Å²) in [5.41, 5.74) is 1.34. The van der Waals surface area contributed by atoms with Crippen molar-refractivity contribution in [3.05, 3.63) is 47.5 Å². The highest BCUT2D eigenvalue weighted by atomic mass is 35.5. The maximum Gasteiger partial charge on any atom is 0.272 e. The Morgan fingerprint density at radius 2 is 2.21 bits per heavy atom. The zero-order chi connectivity index (χ0) is 13.2. The van der Waals surface area contributed by atoms with E-state index in [2.05, 4.69) is 14.9 Å². The van der Waals surface area contributed by atoms with Gasteiger partial charge in [0.2, 0.25) is 0 Å². The van der Waals surface area contributed by atoms with Crippen LogP contribution >= 0.6 is 11.6 Å². The molecule has 19 heavy (non-hydrogen) atoms. The first kappa shape index (κ1) is 12.2. The minimum absolute atomic E-state index is 0.110. The molecule has 0 radical (unpaired) electrons. The summed E-state index contributed by atoms with van der Waals surface area (Å²) in [5, 5.41) is 3.25. The molecule has 2 aromatic heterocycles. The van der Waals surface area contributed by atoms with E-state index in [1.807, 2.05) is 18.3 Å². The highest BCUT2D eigenvalue weighted by molar-refractivity contribution is 6.29. The molecule has 0 aromatic carbocycles. The van der Waals surface area contributed by atoms with E-state index in [9.17, 15) is 4.79 Å². The van der Waals surface area contributed by atoms with E-state index >= 15 is 0 Å². The van der Waals surface area contributed by atoms with E-state index in [1.165, 1.54) is 6.42 Å². The molecule has 4 nitrogen and oxygen atoms in total. The number of hydrogen-bond acceptors (Lipinski definition) is 2. The van der Waals surface area contributed by atoms with Crippen molar-refractivity contribution < 1.29 is 4.79 Å². The van der Waals surface area contributed by atoms with Gasteiger partial charge in [-0.3, -0.25) is 4.79 Å². The van der Waals surface area contributed by atoms with Crippen molar-refractivity contribution in [1.82, 2.24) is 9.55 Å². The Balaban J connectivity index is 1.76. The molecular weight excluding hydrogens is 262 g/mol. The predicted octanol–water partition coefficient (Wildman–Crippen LogP) is 3.51. The summed E-state index contributed by atoms with van der Waals surface area (Å²) < 4.78 is 2.06. The summed E-state index contributed by atoms with van der Waals surface area (Å²) in [6, 6.07) is 7.62. The molecular formula is C14H14ClN3O. The maximum absolute atomic E-state index is 12.2. The number of carbonyl (C=O) groups is 1. The van der Waals surface area contributed by atoms with Gasteiger partial charge in [0.25, 0.3) is 5.91 Å². The average molecular weight is 276 g/mol. The Kier molecular flexibility index (Phi) is 3.25. The number of halogens is 1. The van der Waals surface area contributed by atoms with Gasteiger partial charge in [-0.05, 0) is 43.5 Å². The molecule has 1 aliphatic rings. The molecule has 0 atom stereocenters. The second-order valence-electron chi connectivity index (χ2n) is 4.71. The van der Waals surface area contributed by atoms with Gasteiger partial charge in [-0.2, -0.15) is 0 Å². The fourth-order valence-corrected chi connectivity index (χ4v) is 2.33. The summed E-state index contributed by atoms with van der Waals surface area (Å²) in [4.78, 5) is 16.2. The van der Waals surface area contributed by atoms with Crippen LogP contribution in [0.2, 0.25) is 5.15 Å². The summed E-state index contributed by atoms with van der Waals surface area (Å²) in [6.45, 7) is 0. The van der Waals surface area contributed by atoms with Crippen molar-refractivity contribution in [2.75, 3.05) is 5.32 Å². The van der Waals surface area contributed by atoms with Crippen molar-refractivity contribution in [3.63, 3.8) is 0 Å². The molecule has 1 saturated carbocycles. The first-order chi connectivity index (χ1) is 9.24. The zero-order valence-corrected chi connectivity index (χ0v) is 11.1. The van der Waals surface area contributed by atoms with E-state index < -0.39 is 0 Å². The van der Waals surface area contributed by atoms with Gasteiger partial charge in [-0.1, -0.05) is 11.6 Å². The SMILES string of the molecule is O=C(Nc1ccc(Cl)nc1)c1cccn1C1CCC1. The lowest BCUT2D eigenvalue weighted by Gasteiger charge is -2.28. The summed E-state index contributed by atoms with van der Waals surface area (Å²) in [5.74, 6) is -0.110. The van der Waals surface area contributed by atoms with Crippen LogP contribution in [0.25, 0.3) is 0 Å². The van der Waals surface area contributed by atoms with Crippen molar-refractivity contribution in [2.45, 2.75) is 25.3 Å². The number of aromatic nitrogens is 2. The Bertz CT molecular complexity index is 587. The van der Waals surface area contributed by atoms with E-state index in [0.717, 1.165) is 12.8 Å². The molecule has 0 aliphatic heterocycles. The maximum atomic E-state index is 12.2. The van der Waals surface area contributed by atoms with Gasteiger partial charge in [0.05, 0.1) is 11.9 Å². The monoisotopic (exact) mass is 275 g/mol. The van der Waals surface area contributed by atoms with Crippen LogP contribution in [-0.2, 0) is 0 Å². The summed E-state index contributed by atoms with van der Waals surface area (Å²) >= 11 is 5.71. The van der Waals surface area contributed by atoms with Crippen LogP contribution in [0, 0.1) is 0 Å². The molecule has 0 unspecified atom stereocenters. The molecule has 0 spiro atoms. The lowest BCUT2D eigenvalue weighted by Crippen LogP contribution is -2.23. The van der Waals surface area contributed by atoms with Crippen molar-refractivity contribution in [2.24, 2.45) is 0 Å². The Morgan fingerprint density at radius 1 is 1.37 bits per heavy atom. The number of nitrogens with one attached hydrogen (secondary N) is 1. The number of rotatable bonds is 3. The minimum Gasteiger partial charge on any atom is -0.340 e. The number of amides is 1. The highest BCUT2D eigenvalue weighted by Crippen LogP contribution is 2.32. The van der Waals surface area contributed by atoms with E-state index in [1.54, 1.807) is 18.3 Å². The first-order valence-corrected chi connectivity index (χ1v) is 6.71. The van der Waals surface area contributed by atoms with Crippen molar-refractivity contribution in [1.29, 1.82) is 0 Å². The first-order valence-electron chi connectivity index (χ1n) is 6.34. The van der Waals surface area contributed by atoms with Gasteiger partial charge < -0.3 is 9.88 Å². The topological polar surface area (TPSA) is 46.9 Å². The molecule has 98 valence electrons. The van der Waals surface area contributed by atoms with Gasteiger partial charge in [0, 0.05) is 12.2 Å². The van der Waals surface area contributed by atoms with Crippen LogP contribution in [-0.4, -0.2) is 15.5 Å². The van der Waals surface area contributed by atoms with Gasteiger partial charge in [-0.25, -0.2) is 4.98 Å². The minimum atomic E-state index is -0.110. The van der Waals surface area contributed by atoms with Gasteiger partial charge in [-0.15, -0.1) is 0 Å². The van der Waals surface area contributed by atoms with Crippen molar-refractivity contribution in [3.8, 4) is 0 Å². The van der Waals surface area contributed by atoms with Crippen LogP contribution in [0.4, 0.5) is 5.69 Å². The highest BCUT2D eigenvalue weighted by Gasteiger charge is 2.23. The normalized spacial score (nSPS) is 15.0. The van der Waals surface area contributed by atoms with Crippen molar-refractivity contribution >= 4 is 23.2 Å². The van der Waals surface area contributed by atoms with E-state index in [-0.39, 0.29) is 5.91 Å². The number of anilines is 1. The fourth-order valence-electron chi connectivity index (χ4n) is 2.21. The number of carbonyl (C=O) groups excluding carboxylic acids is 1. The predicted molar refractivity (Wildman–Crippen MR) is 74.5 cm³/mol. The second-order valence-corrected chi connectivity index (χ2v) is 5.10. The Labute approximate surface area is 116 Å². The zero-order valence-electron chi connectivity index (χ0n) is 10.3.